The molecule has 1 nitrogen and oxygen atoms in total. The summed E-state index contributed by atoms with van der Waals surface area (Å²) in [6.45, 7) is 0. The number of benzene rings is 1. The fourth-order valence-corrected chi connectivity index (χ4v) is 1.83. The predicted molar refractivity (Wildman–Crippen MR) is 59.4 cm³/mol. The maximum Gasteiger partial charge on any atom is 0.150 e. The lowest BCUT2D eigenvalue weighted by Crippen LogP contribution is -1.85. The van der Waals surface area contributed by atoms with E-state index in [0.717, 1.165) is 8.96 Å². The van der Waals surface area contributed by atoms with Crippen LogP contribution in [0.3, 0.4) is 0 Å². The minimum atomic E-state index is -0.376. The van der Waals surface area contributed by atoms with Crippen molar-refractivity contribution in [3.05, 3.63) is 38.8 Å². The van der Waals surface area contributed by atoms with E-state index in [1.807, 2.05) is 6.07 Å². The average Bonchev–Trinajstić information content (AvgIpc) is 2.02. The largest absolute Gasteiger partial charge is 0.252 e. The van der Waals surface area contributed by atoms with Crippen LogP contribution in [0.1, 0.15) is 0 Å². The van der Waals surface area contributed by atoms with Crippen molar-refractivity contribution in [3.63, 3.8) is 0 Å². The first kappa shape index (κ1) is 9.15. The summed E-state index contributed by atoms with van der Waals surface area (Å²) in [5.74, 6) is -0.376. The van der Waals surface area contributed by atoms with Crippen LogP contribution in [-0.2, 0) is 0 Å². The van der Waals surface area contributed by atoms with Crippen LogP contribution in [0, 0.1) is 9.39 Å². The van der Waals surface area contributed by atoms with Gasteiger partial charge in [0.1, 0.15) is 5.52 Å². The third-order valence-electron chi connectivity index (χ3n) is 1.67. The highest BCUT2D eigenvalue weighted by Gasteiger charge is 2.03. The van der Waals surface area contributed by atoms with Gasteiger partial charge >= 0.3 is 0 Å². The molecule has 13 heavy (non-hydrogen) atoms. The molecule has 0 unspecified atom stereocenters. The van der Waals surface area contributed by atoms with E-state index in [4.69, 9.17) is 11.6 Å². The van der Waals surface area contributed by atoms with Gasteiger partial charge in [0.2, 0.25) is 0 Å². The summed E-state index contributed by atoms with van der Waals surface area (Å²) in [6, 6.07) is 4.82. The second-order valence-corrected chi connectivity index (χ2v) is 4.29. The Balaban J connectivity index is 2.86. The van der Waals surface area contributed by atoms with E-state index in [1.54, 1.807) is 12.3 Å². The zero-order valence-corrected chi connectivity index (χ0v) is 9.30. The predicted octanol–water partition coefficient (Wildman–Crippen LogP) is 3.63. The van der Waals surface area contributed by atoms with Gasteiger partial charge in [0, 0.05) is 20.2 Å². The van der Waals surface area contributed by atoms with Gasteiger partial charge in [-0.3, -0.25) is 4.98 Å². The zero-order valence-electron chi connectivity index (χ0n) is 6.39. The molecule has 4 heteroatoms. The molecule has 0 radical (unpaired) electrons. The van der Waals surface area contributed by atoms with Crippen molar-refractivity contribution in [1.82, 2.24) is 4.98 Å². The smallest absolute Gasteiger partial charge is 0.150 e. The van der Waals surface area contributed by atoms with Gasteiger partial charge in [-0.15, -0.1) is 0 Å². The van der Waals surface area contributed by atoms with E-state index < -0.39 is 0 Å². The van der Waals surface area contributed by atoms with Crippen LogP contribution in [0.25, 0.3) is 10.9 Å². The van der Waals surface area contributed by atoms with Crippen LogP contribution in [0.15, 0.2) is 24.4 Å². The molecule has 1 aromatic carbocycles. The standard InChI is InChI=1S/C9H4ClFIN/c10-6-1-5-2-7(12)4-13-9(5)8(11)3-6/h1-4H. The Bertz CT molecular complexity index is 467. The molecule has 2 aromatic rings. The van der Waals surface area contributed by atoms with Gasteiger partial charge in [-0.2, -0.15) is 0 Å². The highest BCUT2D eigenvalue weighted by molar-refractivity contribution is 14.1. The number of aromatic nitrogens is 1. The number of nitrogens with zero attached hydrogens (tertiary/aromatic N) is 1. The number of fused-ring (bicyclic) bond motifs is 1. The van der Waals surface area contributed by atoms with Gasteiger partial charge in [-0.1, -0.05) is 11.6 Å². The summed E-state index contributed by atoms with van der Waals surface area (Å²) < 4.78 is 14.2. The first-order valence-electron chi connectivity index (χ1n) is 3.57. The van der Waals surface area contributed by atoms with Gasteiger partial charge in [0.25, 0.3) is 0 Å². The van der Waals surface area contributed by atoms with Gasteiger partial charge in [0.05, 0.1) is 0 Å². The third kappa shape index (κ3) is 1.76. The minimum absolute atomic E-state index is 0.366. The second kappa shape index (κ2) is 3.38. The molecule has 0 aliphatic carbocycles. The molecule has 0 amide bonds. The number of halogens is 3. The lowest BCUT2D eigenvalue weighted by Gasteiger charge is -1.99. The molecule has 0 aliphatic heterocycles. The molecule has 1 aromatic heterocycles. The Morgan fingerprint density at radius 1 is 1.31 bits per heavy atom. The van der Waals surface area contributed by atoms with Crippen molar-refractivity contribution in [2.75, 3.05) is 0 Å². The van der Waals surface area contributed by atoms with Crippen molar-refractivity contribution < 1.29 is 4.39 Å². The summed E-state index contributed by atoms with van der Waals surface area (Å²) in [5, 5.41) is 1.13. The van der Waals surface area contributed by atoms with Crippen molar-refractivity contribution in [1.29, 1.82) is 0 Å². The van der Waals surface area contributed by atoms with Gasteiger partial charge in [-0.25, -0.2) is 4.39 Å². The first-order chi connectivity index (χ1) is 6.16. The molecule has 0 N–H and O–H groups in total. The normalized spacial score (nSPS) is 10.7. The lowest BCUT2D eigenvalue weighted by molar-refractivity contribution is 0.637. The van der Waals surface area contributed by atoms with E-state index in [1.165, 1.54) is 6.07 Å². The third-order valence-corrected chi connectivity index (χ3v) is 2.48. The first-order valence-corrected chi connectivity index (χ1v) is 5.03. The topological polar surface area (TPSA) is 12.9 Å². The Morgan fingerprint density at radius 2 is 2.08 bits per heavy atom. The number of rotatable bonds is 0. The summed E-state index contributed by atoms with van der Waals surface area (Å²) in [4.78, 5) is 3.98. The van der Waals surface area contributed by atoms with Crippen molar-refractivity contribution in [2.24, 2.45) is 0 Å². The fourth-order valence-electron chi connectivity index (χ4n) is 1.14. The SMILES string of the molecule is Fc1cc(Cl)cc2cc(I)cnc12. The molecular formula is C9H4ClFIN. The number of hydrogen-bond acceptors (Lipinski definition) is 1. The van der Waals surface area contributed by atoms with E-state index in [0.29, 0.717) is 10.5 Å². The van der Waals surface area contributed by atoms with E-state index in [-0.39, 0.29) is 5.82 Å². The lowest BCUT2D eigenvalue weighted by atomic mass is 10.2. The van der Waals surface area contributed by atoms with Crippen molar-refractivity contribution in [3.8, 4) is 0 Å². The zero-order chi connectivity index (χ0) is 9.42. The molecule has 1 heterocycles. The number of pyridine rings is 1. The van der Waals surface area contributed by atoms with Crippen LogP contribution in [-0.4, -0.2) is 4.98 Å². The Morgan fingerprint density at radius 3 is 2.85 bits per heavy atom. The molecular weight excluding hydrogens is 303 g/mol. The molecule has 0 aliphatic rings. The van der Waals surface area contributed by atoms with Gasteiger partial charge in [-0.05, 0) is 40.8 Å². The molecule has 0 saturated carbocycles. The Labute approximate surface area is 93.1 Å². The molecule has 0 atom stereocenters. The molecule has 0 saturated heterocycles. The summed E-state index contributed by atoms with van der Waals surface area (Å²) in [7, 11) is 0. The maximum atomic E-state index is 13.2. The molecule has 2 rings (SSSR count). The van der Waals surface area contributed by atoms with Gasteiger partial charge < -0.3 is 0 Å². The molecule has 0 bridgehead atoms. The summed E-state index contributed by atoms with van der Waals surface area (Å²) in [6.07, 6.45) is 1.62. The maximum absolute atomic E-state index is 13.2. The average molecular weight is 307 g/mol. The summed E-state index contributed by atoms with van der Waals surface area (Å²) in [5.41, 5.74) is 0.366. The minimum Gasteiger partial charge on any atom is -0.252 e. The number of hydrogen-bond donors (Lipinski definition) is 0. The Hall–Kier alpha value is -0.420. The van der Waals surface area contributed by atoms with Crippen LogP contribution in [0.2, 0.25) is 5.02 Å². The highest BCUT2D eigenvalue weighted by atomic mass is 127. The van der Waals surface area contributed by atoms with E-state index >= 15 is 0 Å². The van der Waals surface area contributed by atoms with E-state index in [2.05, 4.69) is 27.6 Å². The monoisotopic (exact) mass is 307 g/mol. The fraction of sp³-hybridized carbons (Fsp3) is 0. The Kier molecular flexibility index (Phi) is 2.38. The summed E-state index contributed by atoms with van der Waals surface area (Å²) >= 11 is 7.83. The van der Waals surface area contributed by atoms with E-state index in [9.17, 15) is 4.39 Å². The van der Waals surface area contributed by atoms with Crippen LogP contribution >= 0.6 is 34.2 Å². The highest BCUT2D eigenvalue weighted by Crippen LogP contribution is 2.22. The quantitative estimate of drug-likeness (QED) is 0.677. The van der Waals surface area contributed by atoms with Crippen LogP contribution in [0.5, 0.6) is 0 Å². The molecule has 0 fully saturated rings. The van der Waals surface area contributed by atoms with Crippen LogP contribution in [0.4, 0.5) is 4.39 Å². The van der Waals surface area contributed by atoms with Crippen molar-refractivity contribution in [2.45, 2.75) is 0 Å². The molecule has 66 valence electrons. The van der Waals surface area contributed by atoms with Crippen LogP contribution < -0.4 is 0 Å². The van der Waals surface area contributed by atoms with Gasteiger partial charge in [0.15, 0.2) is 5.82 Å². The molecule has 0 spiro atoms. The van der Waals surface area contributed by atoms with Crippen molar-refractivity contribution >= 4 is 45.1 Å². The second-order valence-electron chi connectivity index (χ2n) is 2.61.